The van der Waals surface area contributed by atoms with E-state index in [1.807, 2.05) is 30.3 Å². The number of nitrogens with one attached hydrogen (secondary N) is 2. The standard InChI is InChI=1S/C28H36N6O8/c1-3-40-28(38)42-34-15-13-33(14-16-34)26(36)22(18-29-27(37)39-2)31-25(35)21-17-23(41-20-11-7-8-12-20)32-24(30-21)19-9-5-4-6-10-19/h4-6,9-10,17,20,22H,3,7-8,11-16,18H2,1-2H3,(H,29,37)(H,31,35)/t22-/m0/s1. The molecule has 226 valence electrons. The first kappa shape index (κ1) is 30.5. The molecule has 0 bridgehead atoms. The van der Waals surface area contributed by atoms with Crippen LogP contribution in [0.2, 0.25) is 0 Å². The molecule has 1 aliphatic carbocycles. The van der Waals surface area contributed by atoms with Crippen LogP contribution in [-0.2, 0) is 19.1 Å². The van der Waals surface area contributed by atoms with Crippen molar-refractivity contribution in [1.82, 2.24) is 30.6 Å². The molecule has 14 heteroatoms. The molecule has 2 aliphatic rings. The average molecular weight is 585 g/mol. The Morgan fingerprint density at radius 2 is 1.74 bits per heavy atom. The van der Waals surface area contributed by atoms with Crippen molar-refractivity contribution in [1.29, 1.82) is 0 Å². The summed E-state index contributed by atoms with van der Waals surface area (Å²) in [5, 5.41) is 6.58. The lowest BCUT2D eigenvalue weighted by molar-refractivity contribution is -0.157. The largest absolute Gasteiger partial charge is 0.527 e. The van der Waals surface area contributed by atoms with Gasteiger partial charge in [-0.1, -0.05) is 30.3 Å². The third-order valence-corrected chi connectivity index (χ3v) is 6.81. The topological polar surface area (TPSA) is 162 Å². The number of amides is 3. The van der Waals surface area contributed by atoms with Gasteiger partial charge in [-0.15, -0.1) is 5.06 Å². The summed E-state index contributed by atoms with van der Waals surface area (Å²) in [6.45, 7) is 2.54. The second-order valence-electron chi connectivity index (χ2n) is 9.73. The van der Waals surface area contributed by atoms with Gasteiger partial charge in [0.1, 0.15) is 17.8 Å². The normalized spacial score (nSPS) is 16.3. The van der Waals surface area contributed by atoms with Crippen LogP contribution >= 0.6 is 0 Å². The predicted molar refractivity (Wildman–Crippen MR) is 148 cm³/mol. The van der Waals surface area contributed by atoms with Crippen molar-refractivity contribution in [2.24, 2.45) is 0 Å². The maximum atomic E-state index is 13.5. The van der Waals surface area contributed by atoms with Crippen molar-refractivity contribution >= 4 is 24.1 Å². The monoisotopic (exact) mass is 584 g/mol. The van der Waals surface area contributed by atoms with Crippen LogP contribution in [0.1, 0.15) is 43.1 Å². The summed E-state index contributed by atoms with van der Waals surface area (Å²) in [7, 11) is 1.20. The molecule has 42 heavy (non-hydrogen) atoms. The third kappa shape index (κ3) is 8.52. The second-order valence-corrected chi connectivity index (χ2v) is 9.73. The van der Waals surface area contributed by atoms with E-state index in [2.05, 4.69) is 25.3 Å². The van der Waals surface area contributed by atoms with Crippen molar-refractivity contribution in [2.75, 3.05) is 46.4 Å². The quantitative estimate of drug-likeness (QED) is 0.394. The molecule has 2 N–H and O–H groups in total. The van der Waals surface area contributed by atoms with E-state index in [1.165, 1.54) is 23.1 Å². The molecule has 4 rings (SSSR count). The summed E-state index contributed by atoms with van der Waals surface area (Å²) < 4.78 is 15.5. The smallest absolute Gasteiger partial charge is 0.474 e. The summed E-state index contributed by atoms with van der Waals surface area (Å²) in [6.07, 6.45) is 2.37. The van der Waals surface area contributed by atoms with E-state index in [1.54, 1.807) is 6.92 Å². The van der Waals surface area contributed by atoms with Crippen molar-refractivity contribution in [3.05, 3.63) is 42.1 Å². The fourth-order valence-corrected chi connectivity index (χ4v) is 4.65. The van der Waals surface area contributed by atoms with Gasteiger partial charge < -0.3 is 34.6 Å². The number of hydrogen-bond acceptors (Lipinski definition) is 11. The Kier molecular flexibility index (Phi) is 10.9. The lowest BCUT2D eigenvalue weighted by Crippen LogP contribution is -2.58. The van der Waals surface area contributed by atoms with Crippen LogP contribution in [0.3, 0.4) is 0 Å². The first-order valence-corrected chi connectivity index (χ1v) is 14.0. The molecule has 2 aromatic rings. The fraction of sp³-hybridized carbons (Fsp3) is 0.500. The van der Waals surface area contributed by atoms with Gasteiger partial charge in [-0.3, -0.25) is 9.59 Å². The Hall–Kier alpha value is -4.46. The zero-order chi connectivity index (χ0) is 29.9. The van der Waals surface area contributed by atoms with Gasteiger partial charge in [-0.2, -0.15) is 4.98 Å². The Morgan fingerprint density at radius 1 is 1.02 bits per heavy atom. The van der Waals surface area contributed by atoms with E-state index in [9.17, 15) is 19.2 Å². The zero-order valence-corrected chi connectivity index (χ0v) is 23.7. The molecular weight excluding hydrogens is 548 g/mol. The lowest BCUT2D eigenvalue weighted by Gasteiger charge is -2.35. The lowest BCUT2D eigenvalue weighted by atomic mass is 10.2. The summed E-state index contributed by atoms with van der Waals surface area (Å²) in [4.78, 5) is 66.0. The molecular formula is C28H36N6O8. The first-order valence-electron chi connectivity index (χ1n) is 14.0. The van der Waals surface area contributed by atoms with Crippen LogP contribution in [0.4, 0.5) is 9.59 Å². The molecule has 2 heterocycles. The number of nitrogens with zero attached hydrogens (tertiary/aromatic N) is 4. The van der Waals surface area contributed by atoms with Crippen LogP contribution in [0.5, 0.6) is 5.88 Å². The van der Waals surface area contributed by atoms with Gasteiger partial charge in [0.25, 0.3) is 5.91 Å². The average Bonchev–Trinajstić information content (AvgIpc) is 3.52. The third-order valence-electron chi connectivity index (χ3n) is 6.81. The fourth-order valence-electron chi connectivity index (χ4n) is 4.65. The Balaban J connectivity index is 1.50. The van der Waals surface area contributed by atoms with Crippen molar-refractivity contribution in [3.63, 3.8) is 0 Å². The molecule has 14 nitrogen and oxygen atoms in total. The highest BCUT2D eigenvalue weighted by Crippen LogP contribution is 2.25. The van der Waals surface area contributed by atoms with E-state index in [-0.39, 0.29) is 57.0 Å². The molecule has 2 fully saturated rings. The van der Waals surface area contributed by atoms with Gasteiger partial charge in [-0.05, 0) is 32.6 Å². The highest BCUT2D eigenvalue weighted by molar-refractivity contribution is 5.97. The van der Waals surface area contributed by atoms with Gasteiger partial charge in [0.05, 0.1) is 33.4 Å². The van der Waals surface area contributed by atoms with Crippen molar-refractivity contribution in [2.45, 2.75) is 44.8 Å². The molecule has 1 aliphatic heterocycles. The number of aromatic nitrogens is 2. The van der Waals surface area contributed by atoms with Crippen LogP contribution in [0, 0.1) is 0 Å². The highest BCUT2D eigenvalue weighted by atomic mass is 16.8. The van der Waals surface area contributed by atoms with E-state index in [0.29, 0.717) is 11.4 Å². The SMILES string of the molecule is CCOC(=O)ON1CCN(C(=O)[C@H](CNC(=O)OC)NC(=O)c2cc(OC3CCCC3)nc(-c3ccccc3)n2)CC1. The number of carbonyl (C=O) groups excluding carboxylic acids is 4. The maximum Gasteiger partial charge on any atom is 0.527 e. The summed E-state index contributed by atoms with van der Waals surface area (Å²) in [6, 6.07) is 9.53. The number of ether oxygens (including phenoxy) is 3. The number of piperazine rings is 1. The number of hydroxylamine groups is 2. The summed E-state index contributed by atoms with van der Waals surface area (Å²) in [5.74, 6) is -0.492. The molecule has 0 spiro atoms. The number of hydrogen-bond donors (Lipinski definition) is 2. The molecule has 0 unspecified atom stereocenters. The summed E-state index contributed by atoms with van der Waals surface area (Å²) in [5.41, 5.74) is 0.715. The van der Waals surface area contributed by atoms with Crippen LogP contribution in [-0.4, -0.2) is 103 Å². The Labute approximate surface area is 243 Å². The van der Waals surface area contributed by atoms with Crippen LogP contribution in [0.25, 0.3) is 11.4 Å². The molecule has 1 saturated heterocycles. The van der Waals surface area contributed by atoms with E-state index in [0.717, 1.165) is 25.7 Å². The number of benzene rings is 1. The van der Waals surface area contributed by atoms with Gasteiger partial charge in [-0.25, -0.2) is 14.6 Å². The maximum absolute atomic E-state index is 13.5. The Morgan fingerprint density at radius 3 is 2.40 bits per heavy atom. The van der Waals surface area contributed by atoms with Gasteiger partial charge in [0.15, 0.2) is 5.82 Å². The molecule has 0 radical (unpaired) electrons. The molecule has 1 aromatic heterocycles. The minimum atomic E-state index is -1.14. The van der Waals surface area contributed by atoms with E-state index in [4.69, 9.17) is 14.3 Å². The Bertz CT molecular complexity index is 1230. The number of rotatable bonds is 10. The van der Waals surface area contributed by atoms with Crippen LogP contribution < -0.4 is 15.4 Å². The molecule has 1 aromatic carbocycles. The van der Waals surface area contributed by atoms with Crippen molar-refractivity contribution in [3.8, 4) is 17.3 Å². The summed E-state index contributed by atoms with van der Waals surface area (Å²) >= 11 is 0. The van der Waals surface area contributed by atoms with Crippen LogP contribution in [0.15, 0.2) is 36.4 Å². The highest BCUT2D eigenvalue weighted by Gasteiger charge is 2.31. The second kappa shape index (κ2) is 15.0. The van der Waals surface area contributed by atoms with Gasteiger partial charge in [0.2, 0.25) is 11.8 Å². The predicted octanol–water partition coefficient (Wildman–Crippen LogP) is 2.15. The number of alkyl carbamates (subject to hydrolysis) is 1. The minimum absolute atomic E-state index is 0.00416. The van der Waals surface area contributed by atoms with E-state index < -0.39 is 30.1 Å². The van der Waals surface area contributed by atoms with Crippen molar-refractivity contribution < 1.29 is 38.2 Å². The first-order chi connectivity index (χ1) is 20.4. The zero-order valence-electron chi connectivity index (χ0n) is 23.7. The van der Waals surface area contributed by atoms with Gasteiger partial charge >= 0.3 is 12.2 Å². The number of carbonyl (C=O) groups is 4. The molecule has 1 atom stereocenters. The minimum Gasteiger partial charge on any atom is -0.474 e. The molecule has 3 amide bonds. The van der Waals surface area contributed by atoms with Gasteiger partial charge in [0, 0.05) is 24.7 Å². The number of methoxy groups -OCH3 is 1. The van der Waals surface area contributed by atoms with E-state index >= 15 is 0 Å². The molecule has 1 saturated carbocycles.